The highest BCUT2D eigenvalue weighted by atomic mass is 32.2. The van der Waals surface area contributed by atoms with Crippen LogP contribution in [0, 0.1) is 11.3 Å². The lowest BCUT2D eigenvalue weighted by Crippen LogP contribution is -2.33. The molecule has 2 atom stereocenters. The minimum Gasteiger partial charge on any atom is -0.493 e. The quantitative estimate of drug-likeness (QED) is 0.406. The SMILES string of the molecule is C/C(SCC1=CCC(C)(C(F)(F)F)C=C1)=C(/N)C(C)COc1cccc(CC(=O)O)c1.CC. The second-order valence-electron chi connectivity index (χ2n) is 7.96. The van der Waals surface area contributed by atoms with Crippen LogP contribution in [0.3, 0.4) is 0 Å². The Balaban J connectivity index is 0.00000265. The molecule has 184 valence electrons. The zero-order chi connectivity index (χ0) is 25.2. The van der Waals surface area contributed by atoms with Gasteiger partial charge < -0.3 is 15.6 Å². The minimum absolute atomic E-state index is 0.0632. The maximum absolute atomic E-state index is 13.1. The number of carboxylic acid groups (broad SMARTS) is 1. The number of aliphatic carboxylic acids is 1. The Morgan fingerprint density at radius 3 is 2.55 bits per heavy atom. The second-order valence-corrected chi connectivity index (χ2v) is 9.15. The Morgan fingerprint density at radius 1 is 1.33 bits per heavy atom. The van der Waals surface area contributed by atoms with E-state index in [2.05, 4.69) is 0 Å². The Labute approximate surface area is 198 Å². The van der Waals surface area contributed by atoms with E-state index >= 15 is 0 Å². The Morgan fingerprint density at radius 2 is 2.00 bits per heavy atom. The standard InChI is InChI=1S/C23H28F3NO3S.C2H6/c1-15(13-30-19-6-4-5-18(11-19)12-20(28)29)21(27)16(2)31-14-17-7-9-22(3,10-8-17)23(24,25)26;1-2/h4-9,11,15H,10,12-14,27H2,1-3H3,(H,28,29);1-2H3/b21-16-;. The molecule has 0 amide bonds. The van der Waals surface area contributed by atoms with Crippen molar-refractivity contribution in [2.24, 2.45) is 17.1 Å². The van der Waals surface area contributed by atoms with Crippen LogP contribution in [0.2, 0.25) is 0 Å². The number of hydrogen-bond donors (Lipinski definition) is 2. The minimum atomic E-state index is -4.26. The third-order valence-corrected chi connectivity index (χ3v) is 6.39. The van der Waals surface area contributed by atoms with Crippen molar-refractivity contribution in [3.8, 4) is 5.75 Å². The lowest BCUT2D eigenvalue weighted by atomic mass is 9.81. The molecule has 3 N–H and O–H groups in total. The Hall–Kier alpha value is -2.35. The van der Waals surface area contributed by atoms with Gasteiger partial charge in [0.1, 0.15) is 5.75 Å². The Kier molecular flexibility index (Phi) is 11.1. The van der Waals surface area contributed by atoms with Gasteiger partial charge in [0.15, 0.2) is 0 Å². The van der Waals surface area contributed by atoms with Crippen molar-refractivity contribution in [1.82, 2.24) is 0 Å². The molecule has 1 aliphatic rings. The van der Waals surface area contributed by atoms with E-state index in [0.29, 0.717) is 29.4 Å². The van der Waals surface area contributed by atoms with Gasteiger partial charge in [-0.05, 0) is 43.5 Å². The molecule has 2 rings (SSSR count). The van der Waals surface area contributed by atoms with Crippen LogP contribution in [-0.2, 0) is 11.2 Å². The fourth-order valence-corrected chi connectivity index (χ4v) is 3.91. The van der Waals surface area contributed by atoms with Crippen molar-refractivity contribution in [2.75, 3.05) is 12.4 Å². The molecule has 0 radical (unpaired) electrons. The number of carbonyl (C=O) groups is 1. The highest BCUT2D eigenvalue weighted by molar-refractivity contribution is 8.03. The molecule has 1 aromatic rings. The molecule has 1 aliphatic carbocycles. The molecule has 2 unspecified atom stereocenters. The predicted molar refractivity (Wildman–Crippen MR) is 129 cm³/mol. The normalized spacial score (nSPS) is 19.6. The molecule has 0 aromatic heterocycles. The van der Waals surface area contributed by atoms with Gasteiger partial charge in [-0.3, -0.25) is 4.79 Å². The molecule has 0 saturated carbocycles. The summed E-state index contributed by atoms with van der Waals surface area (Å²) in [6.45, 7) is 9.34. The topological polar surface area (TPSA) is 72.5 Å². The number of alkyl halides is 3. The molecule has 0 spiro atoms. The van der Waals surface area contributed by atoms with Gasteiger partial charge >= 0.3 is 12.1 Å². The molecule has 0 bridgehead atoms. The van der Waals surface area contributed by atoms with Crippen LogP contribution < -0.4 is 10.5 Å². The van der Waals surface area contributed by atoms with E-state index in [1.165, 1.54) is 24.8 Å². The molecule has 0 heterocycles. The van der Waals surface area contributed by atoms with Gasteiger partial charge in [-0.15, -0.1) is 11.8 Å². The summed E-state index contributed by atoms with van der Waals surface area (Å²) in [5.41, 5.74) is 6.61. The number of rotatable bonds is 9. The molecular weight excluding hydrogens is 451 g/mol. The molecule has 0 aliphatic heterocycles. The maximum atomic E-state index is 13.1. The van der Waals surface area contributed by atoms with Gasteiger partial charge in [-0.25, -0.2) is 0 Å². The van der Waals surface area contributed by atoms with E-state index in [1.807, 2.05) is 27.7 Å². The molecule has 0 saturated heterocycles. The zero-order valence-corrected chi connectivity index (χ0v) is 20.6. The fourth-order valence-electron chi connectivity index (χ4n) is 2.94. The van der Waals surface area contributed by atoms with Crippen LogP contribution in [0.15, 0.2) is 58.7 Å². The van der Waals surface area contributed by atoms with Crippen molar-refractivity contribution >= 4 is 17.7 Å². The van der Waals surface area contributed by atoms with Crippen LogP contribution in [0.5, 0.6) is 5.75 Å². The second kappa shape index (κ2) is 12.8. The average Bonchev–Trinajstić information content (AvgIpc) is 2.77. The number of benzene rings is 1. The van der Waals surface area contributed by atoms with E-state index in [-0.39, 0.29) is 18.8 Å². The number of thioether (sulfide) groups is 1. The van der Waals surface area contributed by atoms with Crippen molar-refractivity contribution in [3.05, 3.63) is 64.2 Å². The first kappa shape index (κ1) is 28.7. The van der Waals surface area contributed by atoms with Gasteiger partial charge in [0, 0.05) is 22.3 Å². The zero-order valence-electron chi connectivity index (χ0n) is 19.8. The monoisotopic (exact) mass is 485 g/mol. The summed E-state index contributed by atoms with van der Waals surface area (Å²) in [5.74, 6) is 0.132. The number of allylic oxidation sites excluding steroid dienone is 4. The summed E-state index contributed by atoms with van der Waals surface area (Å²) >= 11 is 1.49. The van der Waals surface area contributed by atoms with Crippen molar-refractivity contribution in [1.29, 1.82) is 0 Å². The number of hydrogen-bond acceptors (Lipinski definition) is 4. The highest BCUT2D eigenvalue weighted by Gasteiger charge is 2.49. The van der Waals surface area contributed by atoms with E-state index in [4.69, 9.17) is 15.6 Å². The molecule has 8 heteroatoms. The third-order valence-electron chi connectivity index (χ3n) is 5.25. The van der Waals surface area contributed by atoms with Crippen molar-refractivity contribution < 1.29 is 27.8 Å². The molecule has 4 nitrogen and oxygen atoms in total. The highest BCUT2D eigenvalue weighted by Crippen LogP contribution is 2.44. The van der Waals surface area contributed by atoms with Gasteiger partial charge in [-0.1, -0.05) is 51.1 Å². The summed E-state index contributed by atoms with van der Waals surface area (Å²) in [6, 6.07) is 6.92. The summed E-state index contributed by atoms with van der Waals surface area (Å²) < 4.78 is 45.0. The van der Waals surface area contributed by atoms with Crippen LogP contribution in [-0.4, -0.2) is 29.6 Å². The van der Waals surface area contributed by atoms with E-state index in [1.54, 1.807) is 36.4 Å². The van der Waals surface area contributed by atoms with Crippen LogP contribution in [0.25, 0.3) is 0 Å². The Bertz CT molecular complexity index is 893. The van der Waals surface area contributed by atoms with Crippen LogP contribution >= 0.6 is 11.8 Å². The lowest BCUT2D eigenvalue weighted by molar-refractivity contribution is -0.199. The van der Waals surface area contributed by atoms with Gasteiger partial charge in [0.05, 0.1) is 18.4 Å². The largest absolute Gasteiger partial charge is 0.493 e. The molecule has 33 heavy (non-hydrogen) atoms. The van der Waals surface area contributed by atoms with Crippen LogP contribution in [0.4, 0.5) is 13.2 Å². The summed E-state index contributed by atoms with van der Waals surface area (Å²) in [5, 5.41) is 8.89. The van der Waals surface area contributed by atoms with Gasteiger partial charge in [0.25, 0.3) is 0 Å². The number of nitrogens with two attached hydrogens (primary N) is 1. The molecule has 1 aromatic carbocycles. The lowest BCUT2D eigenvalue weighted by Gasteiger charge is -2.30. The van der Waals surface area contributed by atoms with Gasteiger partial charge in [-0.2, -0.15) is 13.2 Å². The maximum Gasteiger partial charge on any atom is 0.397 e. The van der Waals surface area contributed by atoms with E-state index in [0.717, 1.165) is 10.5 Å². The number of ether oxygens (including phenoxy) is 1. The van der Waals surface area contributed by atoms with Crippen molar-refractivity contribution in [3.63, 3.8) is 0 Å². The van der Waals surface area contributed by atoms with E-state index in [9.17, 15) is 18.0 Å². The first-order chi connectivity index (χ1) is 15.4. The average molecular weight is 486 g/mol. The molecular formula is C25H34F3NO3S. The molecule has 0 fully saturated rings. The first-order valence-corrected chi connectivity index (χ1v) is 11.9. The number of halogens is 3. The van der Waals surface area contributed by atoms with E-state index < -0.39 is 17.6 Å². The van der Waals surface area contributed by atoms with Crippen LogP contribution in [0.1, 0.15) is 46.6 Å². The predicted octanol–water partition coefficient (Wildman–Crippen LogP) is 6.73. The van der Waals surface area contributed by atoms with Crippen molar-refractivity contribution in [2.45, 2.75) is 53.6 Å². The van der Waals surface area contributed by atoms with Gasteiger partial charge in [0.2, 0.25) is 0 Å². The fraction of sp³-hybridized carbons (Fsp3) is 0.480. The summed E-state index contributed by atoms with van der Waals surface area (Å²) in [7, 11) is 0. The summed E-state index contributed by atoms with van der Waals surface area (Å²) in [6.07, 6.45) is 0.0236. The smallest absolute Gasteiger partial charge is 0.397 e. The third kappa shape index (κ3) is 8.84. The number of carboxylic acids is 1. The first-order valence-electron chi connectivity index (χ1n) is 10.9. The summed E-state index contributed by atoms with van der Waals surface area (Å²) in [4.78, 5) is 11.7.